The van der Waals surface area contributed by atoms with Gasteiger partial charge in [0.25, 0.3) is 0 Å². The SMILES string of the molecule is CCCC(=O)CC1CCC2(CC1)CC1(CCC(CC(=O)CC)CC1)C2. The number of ketones is 2. The molecule has 0 heterocycles. The Labute approximate surface area is 154 Å². The van der Waals surface area contributed by atoms with Gasteiger partial charge in [0.15, 0.2) is 0 Å². The maximum atomic E-state index is 11.9. The van der Waals surface area contributed by atoms with Crippen molar-refractivity contribution in [3.8, 4) is 0 Å². The fourth-order valence-electron chi connectivity index (χ4n) is 6.40. The zero-order chi connectivity index (χ0) is 17.9. The van der Waals surface area contributed by atoms with Crippen LogP contribution in [0.25, 0.3) is 0 Å². The first-order chi connectivity index (χ1) is 12.0. The Hall–Kier alpha value is -0.660. The molecular weight excluding hydrogens is 308 g/mol. The van der Waals surface area contributed by atoms with Gasteiger partial charge in [0.05, 0.1) is 0 Å². The zero-order valence-corrected chi connectivity index (χ0v) is 16.6. The molecule has 3 aliphatic carbocycles. The Bertz CT molecular complexity index is 466. The second kappa shape index (κ2) is 7.92. The summed E-state index contributed by atoms with van der Waals surface area (Å²) in [5, 5.41) is 0. The van der Waals surface area contributed by atoms with Gasteiger partial charge < -0.3 is 0 Å². The van der Waals surface area contributed by atoms with Gasteiger partial charge in [-0.3, -0.25) is 9.59 Å². The summed E-state index contributed by atoms with van der Waals surface area (Å²) in [6.07, 6.45) is 17.7. The molecule has 0 N–H and O–H groups in total. The van der Waals surface area contributed by atoms with Crippen LogP contribution in [0.3, 0.4) is 0 Å². The van der Waals surface area contributed by atoms with E-state index in [1.807, 2.05) is 6.92 Å². The van der Waals surface area contributed by atoms with E-state index in [9.17, 15) is 9.59 Å². The molecule has 2 heteroatoms. The normalized spacial score (nSPS) is 37.8. The fraction of sp³-hybridized carbons (Fsp3) is 0.913. The second-order valence-corrected chi connectivity index (χ2v) is 9.83. The minimum atomic E-state index is 0.460. The summed E-state index contributed by atoms with van der Waals surface area (Å²) in [4.78, 5) is 23.6. The van der Waals surface area contributed by atoms with Crippen LogP contribution in [0.2, 0.25) is 0 Å². The molecule has 0 atom stereocenters. The molecule has 0 radical (unpaired) electrons. The van der Waals surface area contributed by atoms with Crippen LogP contribution in [-0.2, 0) is 9.59 Å². The summed E-state index contributed by atoms with van der Waals surface area (Å²) in [6, 6.07) is 0. The van der Waals surface area contributed by atoms with Gasteiger partial charge >= 0.3 is 0 Å². The van der Waals surface area contributed by atoms with Gasteiger partial charge in [-0.15, -0.1) is 0 Å². The number of carbonyl (C=O) groups excluding carboxylic acids is 2. The van der Waals surface area contributed by atoms with Crippen molar-refractivity contribution in [1.29, 1.82) is 0 Å². The fourth-order valence-corrected chi connectivity index (χ4v) is 6.40. The van der Waals surface area contributed by atoms with Crippen LogP contribution in [0, 0.1) is 22.7 Å². The smallest absolute Gasteiger partial charge is 0.133 e. The Morgan fingerprint density at radius 3 is 1.60 bits per heavy atom. The van der Waals surface area contributed by atoms with Crippen molar-refractivity contribution in [2.24, 2.45) is 22.7 Å². The Morgan fingerprint density at radius 1 is 0.760 bits per heavy atom. The Morgan fingerprint density at radius 2 is 1.20 bits per heavy atom. The highest BCUT2D eigenvalue weighted by atomic mass is 16.1. The van der Waals surface area contributed by atoms with Gasteiger partial charge in [0, 0.05) is 25.7 Å². The van der Waals surface area contributed by atoms with Crippen LogP contribution < -0.4 is 0 Å². The summed E-state index contributed by atoms with van der Waals surface area (Å²) in [6.45, 7) is 4.10. The third-order valence-corrected chi connectivity index (χ3v) is 7.79. The van der Waals surface area contributed by atoms with Crippen LogP contribution in [-0.4, -0.2) is 11.6 Å². The van der Waals surface area contributed by atoms with E-state index >= 15 is 0 Å². The van der Waals surface area contributed by atoms with Gasteiger partial charge in [0.1, 0.15) is 11.6 Å². The average Bonchev–Trinajstić information content (AvgIpc) is 2.58. The molecule has 142 valence electrons. The molecule has 25 heavy (non-hydrogen) atoms. The number of hydrogen-bond donors (Lipinski definition) is 0. The number of hydrogen-bond acceptors (Lipinski definition) is 2. The van der Waals surface area contributed by atoms with E-state index in [1.165, 1.54) is 64.2 Å². The molecule has 0 aromatic carbocycles. The lowest BCUT2D eigenvalue weighted by Gasteiger charge is -2.61. The standard InChI is InChI=1S/C23H38O2/c1-3-5-21(25)15-19-8-12-23(13-9-19)16-22(17-23)10-6-18(7-11-22)14-20(24)4-2/h18-19H,3-17H2,1-2H3. The van der Waals surface area contributed by atoms with E-state index in [-0.39, 0.29) is 0 Å². The van der Waals surface area contributed by atoms with Gasteiger partial charge in [0.2, 0.25) is 0 Å². The largest absolute Gasteiger partial charge is 0.300 e. The first-order valence-corrected chi connectivity index (χ1v) is 11.0. The van der Waals surface area contributed by atoms with E-state index in [2.05, 4.69) is 6.92 Å². The lowest BCUT2D eigenvalue weighted by atomic mass is 9.44. The van der Waals surface area contributed by atoms with Crippen LogP contribution in [0.15, 0.2) is 0 Å². The number of Topliss-reactive ketones (excluding diaryl/α,β-unsaturated/α-hetero) is 2. The second-order valence-electron chi connectivity index (χ2n) is 9.83. The minimum absolute atomic E-state index is 0.460. The molecule has 3 rings (SSSR count). The maximum Gasteiger partial charge on any atom is 0.133 e. The molecule has 3 fully saturated rings. The summed E-state index contributed by atoms with van der Waals surface area (Å²) in [5.41, 5.74) is 1.27. The molecule has 2 spiro atoms. The van der Waals surface area contributed by atoms with E-state index in [0.29, 0.717) is 40.7 Å². The van der Waals surface area contributed by atoms with Crippen LogP contribution in [0.5, 0.6) is 0 Å². The average molecular weight is 347 g/mol. The van der Waals surface area contributed by atoms with Crippen LogP contribution >= 0.6 is 0 Å². The van der Waals surface area contributed by atoms with Crippen molar-refractivity contribution < 1.29 is 9.59 Å². The van der Waals surface area contributed by atoms with Crippen molar-refractivity contribution >= 4 is 11.6 Å². The molecule has 0 aromatic heterocycles. The molecule has 0 saturated heterocycles. The highest BCUT2D eigenvalue weighted by Gasteiger charge is 2.55. The molecule has 3 saturated carbocycles. The van der Waals surface area contributed by atoms with Crippen molar-refractivity contribution in [2.45, 2.75) is 110 Å². The predicted molar refractivity (Wildman–Crippen MR) is 102 cm³/mol. The van der Waals surface area contributed by atoms with Gasteiger partial charge in [-0.2, -0.15) is 0 Å². The lowest BCUT2D eigenvalue weighted by molar-refractivity contribution is -0.124. The Balaban J connectivity index is 1.40. The third-order valence-electron chi connectivity index (χ3n) is 7.79. The Kier molecular flexibility index (Phi) is 6.06. The van der Waals surface area contributed by atoms with E-state index in [1.54, 1.807) is 0 Å². The van der Waals surface area contributed by atoms with Gasteiger partial charge in [-0.1, -0.05) is 13.8 Å². The highest BCUT2D eigenvalue weighted by molar-refractivity contribution is 5.78. The van der Waals surface area contributed by atoms with E-state index < -0.39 is 0 Å². The van der Waals surface area contributed by atoms with Gasteiger partial charge in [-0.05, 0) is 93.3 Å². The molecule has 3 aliphatic rings. The van der Waals surface area contributed by atoms with Crippen LogP contribution in [0.4, 0.5) is 0 Å². The molecular formula is C23H38O2. The summed E-state index contributed by atoms with van der Waals surface area (Å²) in [5.74, 6) is 2.31. The summed E-state index contributed by atoms with van der Waals surface area (Å²) < 4.78 is 0. The van der Waals surface area contributed by atoms with Crippen molar-refractivity contribution in [3.05, 3.63) is 0 Å². The predicted octanol–water partition coefficient (Wildman–Crippen LogP) is 6.26. The quantitative estimate of drug-likeness (QED) is 0.545. The topological polar surface area (TPSA) is 34.1 Å². The molecule has 0 bridgehead atoms. The zero-order valence-electron chi connectivity index (χ0n) is 16.6. The summed E-state index contributed by atoms with van der Waals surface area (Å²) in [7, 11) is 0. The monoisotopic (exact) mass is 346 g/mol. The maximum absolute atomic E-state index is 11.9. The highest BCUT2D eigenvalue weighted by Crippen LogP contribution is 2.67. The molecule has 0 aromatic rings. The number of rotatable bonds is 7. The molecule has 0 aliphatic heterocycles. The van der Waals surface area contributed by atoms with E-state index in [4.69, 9.17) is 0 Å². The molecule has 0 amide bonds. The van der Waals surface area contributed by atoms with Crippen LogP contribution in [0.1, 0.15) is 110 Å². The minimum Gasteiger partial charge on any atom is -0.300 e. The molecule has 2 nitrogen and oxygen atoms in total. The van der Waals surface area contributed by atoms with Crippen molar-refractivity contribution in [1.82, 2.24) is 0 Å². The number of carbonyl (C=O) groups is 2. The first kappa shape index (κ1) is 19.1. The third kappa shape index (κ3) is 4.55. The van der Waals surface area contributed by atoms with Gasteiger partial charge in [-0.25, -0.2) is 0 Å². The summed E-state index contributed by atoms with van der Waals surface area (Å²) >= 11 is 0. The molecule has 0 unspecified atom stereocenters. The van der Waals surface area contributed by atoms with E-state index in [0.717, 1.165) is 25.7 Å². The van der Waals surface area contributed by atoms with Crippen molar-refractivity contribution in [3.63, 3.8) is 0 Å². The first-order valence-electron chi connectivity index (χ1n) is 11.0. The van der Waals surface area contributed by atoms with Crippen molar-refractivity contribution in [2.75, 3.05) is 0 Å². The lowest BCUT2D eigenvalue weighted by Crippen LogP contribution is -2.50.